The molecule has 15 heavy (non-hydrogen) atoms. The third kappa shape index (κ3) is 8.11. The molecule has 0 radical (unpaired) electrons. The molecule has 0 amide bonds. The van der Waals surface area contributed by atoms with E-state index in [1.54, 1.807) is 0 Å². The Kier molecular flexibility index (Phi) is 9.05. The molecule has 0 aliphatic heterocycles. The minimum Gasteiger partial charge on any atom is -0.462 e. The molecule has 0 saturated heterocycles. The monoisotopic (exact) mass is 217 g/mol. The van der Waals surface area contributed by atoms with Gasteiger partial charge < -0.3 is 19.9 Å². The quantitative estimate of drug-likeness (QED) is 0.337. The predicted molar refractivity (Wildman–Crippen MR) is 56.4 cm³/mol. The van der Waals surface area contributed by atoms with Gasteiger partial charge in [-0.3, -0.25) is 4.79 Å². The van der Waals surface area contributed by atoms with Crippen LogP contribution in [-0.4, -0.2) is 45.0 Å². The molecule has 0 saturated carbocycles. The van der Waals surface area contributed by atoms with Gasteiger partial charge in [0.15, 0.2) is 0 Å². The van der Waals surface area contributed by atoms with Gasteiger partial charge in [-0.2, -0.15) is 0 Å². The molecule has 2 N–H and O–H groups in total. The first-order valence-electron chi connectivity index (χ1n) is 4.92. The van der Waals surface area contributed by atoms with Crippen molar-refractivity contribution in [1.29, 1.82) is 0 Å². The Hall–Kier alpha value is -0.910. The number of esters is 1. The van der Waals surface area contributed by atoms with Crippen LogP contribution in [0.15, 0.2) is 12.7 Å². The Morgan fingerprint density at radius 3 is 2.53 bits per heavy atom. The van der Waals surface area contributed by atoms with Crippen molar-refractivity contribution in [2.45, 2.75) is 13.0 Å². The standard InChI is InChI=1S/C10H19NO4/c1-3-9(11)10(12)15-8-7-14-6-5-13-4-2/h3,9H,1,4-8,11H2,2H3/t9-/m0/s1. The molecule has 0 aliphatic carbocycles. The Bertz CT molecular complexity index is 184. The average Bonchev–Trinajstić information content (AvgIpc) is 2.26. The highest BCUT2D eigenvalue weighted by Crippen LogP contribution is 1.87. The van der Waals surface area contributed by atoms with Crippen LogP contribution >= 0.6 is 0 Å². The SMILES string of the molecule is C=C[C@H](N)C(=O)OCCOCCOCC. The number of carbonyl (C=O) groups is 1. The van der Waals surface area contributed by atoms with Crippen LogP contribution in [0.1, 0.15) is 6.92 Å². The summed E-state index contributed by atoms with van der Waals surface area (Å²) in [5.74, 6) is -0.488. The van der Waals surface area contributed by atoms with Crippen LogP contribution in [0.5, 0.6) is 0 Å². The van der Waals surface area contributed by atoms with Gasteiger partial charge in [-0.15, -0.1) is 6.58 Å². The summed E-state index contributed by atoms with van der Waals surface area (Å²) in [5.41, 5.74) is 5.34. The largest absolute Gasteiger partial charge is 0.462 e. The van der Waals surface area contributed by atoms with Gasteiger partial charge in [0.25, 0.3) is 0 Å². The number of nitrogens with two attached hydrogens (primary N) is 1. The molecular formula is C10H19NO4. The number of hydrogen-bond donors (Lipinski definition) is 1. The van der Waals surface area contributed by atoms with Crippen molar-refractivity contribution in [3.63, 3.8) is 0 Å². The molecule has 0 aliphatic rings. The molecule has 0 unspecified atom stereocenters. The highest BCUT2D eigenvalue weighted by atomic mass is 16.6. The van der Waals surface area contributed by atoms with E-state index >= 15 is 0 Å². The maximum Gasteiger partial charge on any atom is 0.326 e. The molecule has 0 bridgehead atoms. The van der Waals surface area contributed by atoms with E-state index in [0.717, 1.165) is 0 Å². The minimum atomic E-state index is -0.756. The number of hydrogen-bond acceptors (Lipinski definition) is 5. The van der Waals surface area contributed by atoms with Gasteiger partial charge in [-0.25, -0.2) is 0 Å². The summed E-state index contributed by atoms with van der Waals surface area (Å²) >= 11 is 0. The molecule has 1 atom stereocenters. The fraction of sp³-hybridized carbons (Fsp3) is 0.700. The third-order valence-electron chi connectivity index (χ3n) is 1.57. The maximum atomic E-state index is 11.0. The zero-order valence-electron chi connectivity index (χ0n) is 9.11. The number of rotatable bonds is 9. The van der Waals surface area contributed by atoms with Gasteiger partial charge in [0.05, 0.1) is 19.8 Å². The fourth-order valence-corrected chi connectivity index (χ4v) is 0.758. The average molecular weight is 217 g/mol. The third-order valence-corrected chi connectivity index (χ3v) is 1.57. The molecule has 5 heteroatoms. The van der Waals surface area contributed by atoms with Crippen LogP contribution < -0.4 is 5.73 Å². The highest BCUT2D eigenvalue weighted by molar-refractivity contribution is 5.77. The van der Waals surface area contributed by atoms with Crippen molar-refractivity contribution in [1.82, 2.24) is 0 Å². The second kappa shape index (κ2) is 9.64. The highest BCUT2D eigenvalue weighted by Gasteiger charge is 2.09. The van der Waals surface area contributed by atoms with Gasteiger partial charge in [0, 0.05) is 6.61 Å². The smallest absolute Gasteiger partial charge is 0.326 e. The molecule has 0 rings (SSSR count). The van der Waals surface area contributed by atoms with Crippen molar-refractivity contribution >= 4 is 5.97 Å². The second-order valence-corrected chi connectivity index (χ2v) is 2.74. The van der Waals surface area contributed by atoms with Crippen molar-refractivity contribution in [2.75, 3.05) is 33.0 Å². The molecule has 0 fully saturated rings. The van der Waals surface area contributed by atoms with Crippen LogP contribution in [0.4, 0.5) is 0 Å². The van der Waals surface area contributed by atoms with Crippen molar-refractivity contribution in [3.05, 3.63) is 12.7 Å². The zero-order chi connectivity index (χ0) is 11.5. The van der Waals surface area contributed by atoms with Crippen LogP contribution in [0.25, 0.3) is 0 Å². The zero-order valence-corrected chi connectivity index (χ0v) is 9.11. The summed E-state index contributed by atoms with van der Waals surface area (Å²) in [6.45, 7) is 7.58. The van der Waals surface area contributed by atoms with Gasteiger partial charge >= 0.3 is 5.97 Å². The summed E-state index contributed by atoms with van der Waals surface area (Å²) in [4.78, 5) is 11.0. The lowest BCUT2D eigenvalue weighted by molar-refractivity contribution is -0.145. The van der Waals surface area contributed by atoms with Crippen LogP contribution in [-0.2, 0) is 19.0 Å². The maximum absolute atomic E-state index is 11.0. The normalized spacial score (nSPS) is 12.1. The van der Waals surface area contributed by atoms with E-state index in [9.17, 15) is 4.79 Å². The summed E-state index contributed by atoms with van der Waals surface area (Å²) < 4.78 is 15.0. The van der Waals surface area contributed by atoms with Crippen LogP contribution in [0.3, 0.4) is 0 Å². The lowest BCUT2D eigenvalue weighted by Gasteiger charge is -2.08. The van der Waals surface area contributed by atoms with Gasteiger partial charge in [-0.1, -0.05) is 6.08 Å². The van der Waals surface area contributed by atoms with Gasteiger partial charge in [0.2, 0.25) is 0 Å². The molecular weight excluding hydrogens is 198 g/mol. The van der Waals surface area contributed by atoms with E-state index in [4.69, 9.17) is 19.9 Å². The number of ether oxygens (including phenoxy) is 3. The lowest BCUT2D eigenvalue weighted by atomic mass is 10.3. The Labute approximate surface area is 90.2 Å². The number of carbonyl (C=O) groups excluding carboxylic acids is 1. The lowest BCUT2D eigenvalue weighted by Crippen LogP contribution is -2.30. The van der Waals surface area contributed by atoms with Gasteiger partial charge in [-0.05, 0) is 6.92 Å². The topological polar surface area (TPSA) is 70.8 Å². The van der Waals surface area contributed by atoms with E-state index < -0.39 is 12.0 Å². The van der Waals surface area contributed by atoms with Crippen LogP contribution in [0.2, 0.25) is 0 Å². The first-order valence-corrected chi connectivity index (χ1v) is 4.92. The summed E-state index contributed by atoms with van der Waals surface area (Å²) in [6.07, 6.45) is 1.33. The molecule has 5 nitrogen and oxygen atoms in total. The van der Waals surface area contributed by atoms with E-state index in [0.29, 0.717) is 26.4 Å². The molecule has 88 valence electrons. The molecule has 0 aromatic rings. The first kappa shape index (κ1) is 14.1. The van der Waals surface area contributed by atoms with Crippen LogP contribution in [0, 0.1) is 0 Å². The van der Waals surface area contributed by atoms with E-state index in [1.807, 2.05) is 6.92 Å². The second-order valence-electron chi connectivity index (χ2n) is 2.74. The Morgan fingerprint density at radius 2 is 1.93 bits per heavy atom. The summed E-state index contributed by atoms with van der Waals surface area (Å²) in [6, 6.07) is -0.756. The van der Waals surface area contributed by atoms with Crippen molar-refractivity contribution in [3.8, 4) is 0 Å². The van der Waals surface area contributed by atoms with E-state index in [-0.39, 0.29) is 6.61 Å². The summed E-state index contributed by atoms with van der Waals surface area (Å²) in [7, 11) is 0. The summed E-state index contributed by atoms with van der Waals surface area (Å²) in [5, 5.41) is 0. The molecule has 0 heterocycles. The predicted octanol–water partition coefficient (Wildman–Crippen LogP) is 0.0960. The Morgan fingerprint density at radius 1 is 1.33 bits per heavy atom. The molecule has 0 aromatic carbocycles. The minimum absolute atomic E-state index is 0.201. The fourth-order valence-electron chi connectivity index (χ4n) is 0.758. The van der Waals surface area contributed by atoms with E-state index in [2.05, 4.69) is 6.58 Å². The van der Waals surface area contributed by atoms with E-state index in [1.165, 1.54) is 6.08 Å². The van der Waals surface area contributed by atoms with Crippen molar-refractivity contribution in [2.24, 2.45) is 5.73 Å². The van der Waals surface area contributed by atoms with Crippen molar-refractivity contribution < 1.29 is 19.0 Å². The Balaban J connectivity index is 3.23. The van der Waals surface area contributed by atoms with Gasteiger partial charge in [0.1, 0.15) is 12.6 Å². The molecule has 0 aromatic heterocycles. The molecule has 0 spiro atoms. The first-order chi connectivity index (χ1) is 7.22.